The highest BCUT2D eigenvalue weighted by atomic mass is 16.7. The fraction of sp³-hybridized carbons (Fsp3) is 0.625. The summed E-state index contributed by atoms with van der Waals surface area (Å²) in [5.41, 5.74) is 1.46. The highest BCUT2D eigenvalue weighted by Crippen LogP contribution is 2.65. The largest absolute Gasteiger partial charge is 0.494 e. The predicted octanol–water partition coefficient (Wildman–Crippen LogP) is 2.62. The first kappa shape index (κ1) is 12.0. The Hall–Kier alpha value is -0.795. The van der Waals surface area contributed by atoms with Gasteiger partial charge in [0, 0.05) is 0 Å². The first-order chi connectivity index (χ1) is 9.02. The Bertz CT molecular complexity index is 501. The van der Waals surface area contributed by atoms with Crippen molar-refractivity contribution in [2.24, 2.45) is 17.3 Å². The first-order valence-electron chi connectivity index (χ1n) is 7.40. The zero-order valence-corrected chi connectivity index (χ0v) is 11.9. The van der Waals surface area contributed by atoms with E-state index < -0.39 is 0 Å². The smallest absolute Gasteiger partial charge is 0.402 e. The number of benzene rings is 1. The van der Waals surface area contributed by atoms with Crippen LogP contribution in [0.2, 0.25) is 0 Å². The molecule has 5 rings (SSSR count). The monoisotopic (exact) mass is 256 g/mol. The Morgan fingerprint density at radius 3 is 2.53 bits per heavy atom. The van der Waals surface area contributed by atoms with Crippen molar-refractivity contribution in [3.63, 3.8) is 0 Å². The third-order valence-corrected chi connectivity index (χ3v) is 6.02. The van der Waals surface area contributed by atoms with Gasteiger partial charge < -0.3 is 9.31 Å². The molecule has 2 bridgehead atoms. The van der Waals surface area contributed by atoms with Crippen molar-refractivity contribution >= 4 is 12.6 Å². The summed E-state index contributed by atoms with van der Waals surface area (Å²) < 4.78 is 12.6. The molecule has 4 aliphatic rings. The van der Waals surface area contributed by atoms with Crippen LogP contribution in [-0.2, 0) is 9.31 Å². The topological polar surface area (TPSA) is 18.5 Å². The molecule has 1 heterocycles. The molecule has 0 unspecified atom stereocenters. The summed E-state index contributed by atoms with van der Waals surface area (Å²) in [7, 11) is -0.175. The van der Waals surface area contributed by atoms with Gasteiger partial charge >= 0.3 is 7.12 Å². The van der Waals surface area contributed by atoms with Crippen LogP contribution in [0, 0.1) is 17.3 Å². The second-order valence-corrected chi connectivity index (χ2v) is 7.21. The van der Waals surface area contributed by atoms with Crippen molar-refractivity contribution in [3.8, 4) is 0 Å². The zero-order valence-electron chi connectivity index (χ0n) is 11.9. The summed E-state index contributed by atoms with van der Waals surface area (Å²) in [6.07, 6.45) is 2.74. The van der Waals surface area contributed by atoms with E-state index >= 15 is 0 Å². The van der Waals surface area contributed by atoms with E-state index in [9.17, 15) is 0 Å². The lowest BCUT2D eigenvalue weighted by molar-refractivity contribution is -0.199. The summed E-state index contributed by atoms with van der Waals surface area (Å²) in [5.74, 6) is 1.45. The van der Waals surface area contributed by atoms with Gasteiger partial charge in [-0.25, -0.2) is 0 Å². The Morgan fingerprint density at radius 1 is 1.11 bits per heavy atom. The molecule has 0 N–H and O–H groups in total. The highest BCUT2D eigenvalue weighted by Gasteiger charge is 2.67. The van der Waals surface area contributed by atoms with Crippen LogP contribution in [0.3, 0.4) is 0 Å². The molecule has 0 spiro atoms. The van der Waals surface area contributed by atoms with Gasteiger partial charge in [-0.3, -0.25) is 0 Å². The maximum absolute atomic E-state index is 6.40. The Morgan fingerprint density at radius 2 is 1.84 bits per heavy atom. The molecule has 4 fully saturated rings. The molecule has 1 saturated heterocycles. The van der Waals surface area contributed by atoms with Crippen LogP contribution in [0.25, 0.3) is 0 Å². The van der Waals surface area contributed by atoms with Gasteiger partial charge in [-0.15, -0.1) is 0 Å². The summed E-state index contributed by atoms with van der Waals surface area (Å²) in [6.45, 7) is 7.06. The van der Waals surface area contributed by atoms with Crippen molar-refractivity contribution < 1.29 is 9.31 Å². The Labute approximate surface area is 115 Å². The molecular weight excluding hydrogens is 235 g/mol. The van der Waals surface area contributed by atoms with Crippen LogP contribution in [0.4, 0.5) is 0 Å². The van der Waals surface area contributed by atoms with E-state index in [1.165, 1.54) is 6.42 Å². The van der Waals surface area contributed by atoms with E-state index in [1.54, 1.807) is 0 Å². The molecule has 1 aromatic rings. The van der Waals surface area contributed by atoms with Crippen LogP contribution in [0.5, 0.6) is 0 Å². The average molecular weight is 256 g/mol. The quantitative estimate of drug-likeness (QED) is 0.719. The van der Waals surface area contributed by atoms with Gasteiger partial charge in [0.05, 0.1) is 11.7 Å². The predicted molar refractivity (Wildman–Crippen MR) is 76.2 cm³/mol. The molecular formula is C16H21BO2. The fourth-order valence-corrected chi connectivity index (χ4v) is 4.62. The molecule has 0 aromatic heterocycles. The zero-order chi connectivity index (χ0) is 13.3. The average Bonchev–Trinajstić information content (AvgIpc) is 2.76. The molecule has 3 saturated carbocycles. The second-order valence-electron chi connectivity index (χ2n) is 7.21. The molecule has 0 amide bonds. The Kier molecular flexibility index (Phi) is 2.30. The Balaban J connectivity index is 1.64. The van der Waals surface area contributed by atoms with Gasteiger partial charge in [0.25, 0.3) is 0 Å². The molecule has 4 atom stereocenters. The highest BCUT2D eigenvalue weighted by molar-refractivity contribution is 6.62. The number of rotatable bonds is 1. The van der Waals surface area contributed by atoms with Gasteiger partial charge in [-0.1, -0.05) is 44.2 Å². The third-order valence-electron chi connectivity index (χ3n) is 6.02. The number of hydrogen-bond donors (Lipinski definition) is 0. The van der Waals surface area contributed by atoms with Crippen LogP contribution < -0.4 is 5.46 Å². The van der Waals surface area contributed by atoms with Crippen molar-refractivity contribution in [1.82, 2.24) is 0 Å². The maximum Gasteiger partial charge on any atom is 0.494 e. The lowest BCUT2D eigenvalue weighted by Gasteiger charge is -2.64. The molecule has 0 radical (unpaired) electrons. The number of hydrogen-bond acceptors (Lipinski definition) is 2. The molecule has 3 aliphatic carbocycles. The minimum atomic E-state index is -0.175. The van der Waals surface area contributed by atoms with Gasteiger partial charge in [-0.05, 0) is 42.5 Å². The van der Waals surface area contributed by atoms with Gasteiger partial charge in [0.1, 0.15) is 0 Å². The normalized spacial score (nSPS) is 42.7. The summed E-state index contributed by atoms with van der Waals surface area (Å²) >= 11 is 0. The fourth-order valence-electron chi connectivity index (χ4n) is 4.62. The van der Waals surface area contributed by atoms with E-state index in [0.717, 1.165) is 17.8 Å². The van der Waals surface area contributed by atoms with Crippen LogP contribution >= 0.6 is 0 Å². The van der Waals surface area contributed by atoms with Crippen molar-refractivity contribution in [1.29, 1.82) is 0 Å². The van der Waals surface area contributed by atoms with Crippen molar-refractivity contribution in [2.75, 3.05) is 0 Å². The van der Waals surface area contributed by atoms with E-state index in [1.807, 2.05) is 6.07 Å². The van der Waals surface area contributed by atoms with E-state index in [-0.39, 0.29) is 18.8 Å². The summed E-state index contributed by atoms with van der Waals surface area (Å²) in [5, 5.41) is 0. The van der Waals surface area contributed by atoms with Crippen molar-refractivity contribution in [3.05, 3.63) is 30.3 Å². The SMILES string of the molecule is CC1(C)[C@H]2C[C@@H]3OB(c4ccccc4)O[C@]3(C)[C@H]1C2. The molecule has 2 nitrogen and oxygen atoms in total. The van der Waals surface area contributed by atoms with Crippen LogP contribution in [0.15, 0.2) is 30.3 Å². The lowest BCUT2D eigenvalue weighted by Crippen LogP contribution is -2.65. The van der Waals surface area contributed by atoms with Gasteiger partial charge in [0.15, 0.2) is 0 Å². The second kappa shape index (κ2) is 3.65. The molecule has 1 aliphatic heterocycles. The van der Waals surface area contributed by atoms with E-state index in [0.29, 0.717) is 11.3 Å². The first-order valence-corrected chi connectivity index (χ1v) is 7.40. The molecule has 3 heteroatoms. The van der Waals surface area contributed by atoms with E-state index in [4.69, 9.17) is 9.31 Å². The van der Waals surface area contributed by atoms with Gasteiger partial charge in [0.2, 0.25) is 0 Å². The minimum Gasteiger partial charge on any atom is -0.402 e. The minimum absolute atomic E-state index is 0.0985. The molecule has 19 heavy (non-hydrogen) atoms. The molecule has 100 valence electrons. The van der Waals surface area contributed by atoms with Crippen LogP contribution in [0.1, 0.15) is 33.6 Å². The van der Waals surface area contributed by atoms with Gasteiger partial charge in [-0.2, -0.15) is 0 Å². The lowest BCUT2D eigenvalue weighted by atomic mass is 9.43. The third kappa shape index (κ3) is 1.46. The summed E-state index contributed by atoms with van der Waals surface area (Å²) in [6, 6.07) is 10.3. The van der Waals surface area contributed by atoms with Crippen LogP contribution in [-0.4, -0.2) is 18.8 Å². The van der Waals surface area contributed by atoms with Crippen molar-refractivity contribution in [2.45, 2.75) is 45.3 Å². The molecule has 1 aromatic carbocycles. The standard InChI is InChI=1S/C16H21BO2/c1-15(2)11-9-13(15)16(3)14(10-11)18-17(19-16)12-7-5-4-6-8-12/h4-8,11,13-14H,9-10H2,1-3H3/t11-,13+,14+,16-/m1/s1. The summed E-state index contributed by atoms with van der Waals surface area (Å²) in [4.78, 5) is 0. The van der Waals surface area contributed by atoms with E-state index in [2.05, 4.69) is 45.0 Å². The maximum atomic E-state index is 6.40.